The van der Waals surface area contributed by atoms with Crippen molar-refractivity contribution >= 4 is 11.5 Å². The van der Waals surface area contributed by atoms with Crippen LogP contribution < -0.4 is 5.90 Å². The minimum atomic E-state index is -0.0796. The van der Waals surface area contributed by atoms with E-state index in [1.807, 2.05) is 6.08 Å². The number of allylic oxidation sites excluding steroid dienone is 2. The van der Waals surface area contributed by atoms with Crippen molar-refractivity contribution in [2.45, 2.75) is 45.4 Å². The van der Waals surface area contributed by atoms with E-state index >= 15 is 0 Å². The molecule has 2 atom stereocenters. The summed E-state index contributed by atoms with van der Waals surface area (Å²) in [6, 6.07) is 0. The van der Waals surface area contributed by atoms with E-state index in [2.05, 4.69) is 12.1 Å². The molecule has 18 heavy (non-hydrogen) atoms. The van der Waals surface area contributed by atoms with Crippen LogP contribution in [0, 0.1) is 11.3 Å². The van der Waals surface area contributed by atoms with Crippen LogP contribution in [0.4, 0.5) is 0 Å². The second-order valence-corrected chi connectivity index (χ2v) is 5.55. The zero-order chi connectivity index (χ0) is 13.2. The molecule has 1 fully saturated rings. The van der Waals surface area contributed by atoms with Gasteiger partial charge in [-0.05, 0) is 37.2 Å². The molecule has 0 radical (unpaired) electrons. The van der Waals surface area contributed by atoms with Gasteiger partial charge in [-0.2, -0.15) is 5.90 Å². The van der Waals surface area contributed by atoms with Crippen LogP contribution in [-0.4, -0.2) is 16.7 Å². The Morgan fingerprint density at radius 1 is 1.56 bits per heavy atom. The number of nitrogens with zero attached hydrogens (tertiary/aromatic N) is 1. The lowest BCUT2D eigenvalue weighted by molar-refractivity contribution is -0.125. The summed E-state index contributed by atoms with van der Waals surface area (Å²) in [5, 5.41) is 12.1. The first kappa shape index (κ1) is 13.1. The van der Waals surface area contributed by atoms with E-state index in [0.717, 1.165) is 25.0 Å². The van der Waals surface area contributed by atoms with Crippen molar-refractivity contribution in [1.29, 1.82) is 0 Å². The molecule has 5 heteroatoms. The van der Waals surface area contributed by atoms with E-state index < -0.39 is 0 Å². The van der Waals surface area contributed by atoms with Crippen molar-refractivity contribution < 1.29 is 14.8 Å². The molecule has 100 valence electrons. The first-order chi connectivity index (χ1) is 8.59. The maximum atomic E-state index is 12.3. The third kappa shape index (κ3) is 2.41. The first-order valence-electron chi connectivity index (χ1n) is 6.37. The molecule has 2 aliphatic carbocycles. The van der Waals surface area contributed by atoms with Crippen LogP contribution >= 0.6 is 0 Å². The van der Waals surface area contributed by atoms with Crippen LogP contribution in [0.25, 0.3) is 0 Å². The van der Waals surface area contributed by atoms with Crippen molar-refractivity contribution in [3.63, 3.8) is 0 Å². The summed E-state index contributed by atoms with van der Waals surface area (Å²) in [5.41, 5.74) is 0.526. The number of carbonyl (C=O) groups is 1. The Balaban J connectivity index is 2.26. The number of nitrogens with two attached hydrogens (primary N) is 1. The summed E-state index contributed by atoms with van der Waals surface area (Å²) in [7, 11) is 0. The maximum absolute atomic E-state index is 12.3. The molecule has 1 unspecified atom stereocenters. The normalized spacial score (nSPS) is 35.4. The zero-order valence-electron chi connectivity index (χ0n) is 10.7. The molecule has 2 aliphatic rings. The second-order valence-electron chi connectivity index (χ2n) is 5.55. The van der Waals surface area contributed by atoms with Gasteiger partial charge in [0, 0.05) is 18.8 Å². The molecule has 1 saturated carbocycles. The smallest absolute Gasteiger partial charge is 0.142 e. The lowest BCUT2D eigenvalue weighted by atomic mass is 9.70. The van der Waals surface area contributed by atoms with Gasteiger partial charge in [-0.25, -0.2) is 0 Å². The first-order valence-corrected chi connectivity index (χ1v) is 6.37. The second kappa shape index (κ2) is 5.10. The van der Waals surface area contributed by atoms with Gasteiger partial charge in [0.05, 0.1) is 5.71 Å². The van der Waals surface area contributed by atoms with Crippen LogP contribution in [0.5, 0.6) is 0 Å². The van der Waals surface area contributed by atoms with Gasteiger partial charge in [-0.3, -0.25) is 4.79 Å². The topological polar surface area (TPSA) is 84.9 Å². The number of hydrogen-bond donors (Lipinski definition) is 2. The molecule has 3 N–H and O–H groups in total. The number of Topliss-reactive ketones (excluding diaryl/α,β-unsaturated/α-hetero) is 1. The van der Waals surface area contributed by atoms with Crippen molar-refractivity contribution in [3.05, 3.63) is 11.8 Å². The monoisotopic (exact) mass is 252 g/mol. The highest BCUT2D eigenvalue weighted by Gasteiger charge is 2.41. The summed E-state index contributed by atoms with van der Waals surface area (Å²) in [6.45, 7) is 2.13. The third-order valence-electron chi connectivity index (χ3n) is 4.36. The van der Waals surface area contributed by atoms with Crippen LogP contribution in [-0.2, 0) is 9.63 Å². The SMILES string of the molecule is C[C@]12CC=C(ON)CCC1C(=O)C/C(=N\O)CC2. The number of oxime groups is 1. The zero-order valence-corrected chi connectivity index (χ0v) is 10.7. The standard InChI is InChI=1S/C13H20N2O3/c1-13-6-4-9(15-17)8-12(16)11(13)3-2-10(18-14)5-7-13/h5,11,17H,2-4,6-8,14H2,1H3/b15-9-/t11?,13-/m0/s1. The van der Waals surface area contributed by atoms with Crippen LogP contribution in [0.15, 0.2) is 17.0 Å². The summed E-state index contributed by atoms with van der Waals surface area (Å²) in [4.78, 5) is 17.1. The van der Waals surface area contributed by atoms with Gasteiger partial charge in [-0.15, -0.1) is 0 Å². The number of carbonyl (C=O) groups excluding carboxylic acids is 1. The molecule has 0 saturated heterocycles. The van der Waals surface area contributed by atoms with Gasteiger partial charge in [-0.1, -0.05) is 12.1 Å². The highest BCUT2D eigenvalue weighted by Crippen LogP contribution is 2.45. The van der Waals surface area contributed by atoms with Crippen LogP contribution in [0.3, 0.4) is 0 Å². The van der Waals surface area contributed by atoms with E-state index in [0.29, 0.717) is 18.6 Å². The van der Waals surface area contributed by atoms with E-state index in [-0.39, 0.29) is 23.5 Å². The van der Waals surface area contributed by atoms with Gasteiger partial charge in [0.15, 0.2) is 0 Å². The van der Waals surface area contributed by atoms with Crippen molar-refractivity contribution in [2.75, 3.05) is 0 Å². The predicted octanol–water partition coefficient (Wildman–Crippen LogP) is 2.15. The number of rotatable bonds is 1. The fraction of sp³-hybridized carbons (Fsp3) is 0.692. The van der Waals surface area contributed by atoms with Crippen molar-refractivity contribution in [1.82, 2.24) is 0 Å². The summed E-state index contributed by atoms with van der Waals surface area (Å²) < 4.78 is 0. The van der Waals surface area contributed by atoms with Crippen molar-refractivity contribution in [3.8, 4) is 0 Å². The minimum absolute atomic E-state index is 0.000602. The Labute approximate surface area is 107 Å². The van der Waals surface area contributed by atoms with E-state index in [1.54, 1.807) is 0 Å². The Bertz CT molecular complexity index is 403. The molecule has 0 aromatic rings. The van der Waals surface area contributed by atoms with Gasteiger partial charge < -0.3 is 10.0 Å². The average molecular weight is 252 g/mol. The molecule has 0 heterocycles. The number of fused-ring (bicyclic) bond motifs is 1. The Kier molecular flexibility index (Phi) is 3.71. The largest absolute Gasteiger partial charge is 0.416 e. The van der Waals surface area contributed by atoms with Crippen LogP contribution in [0.1, 0.15) is 45.4 Å². The predicted molar refractivity (Wildman–Crippen MR) is 66.9 cm³/mol. The van der Waals surface area contributed by atoms with E-state index in [9.17, 15) is 4.79 Å². The van der Waals surface area contributed by atoms with Crippen molar-refractivity contribution in [2.24, 2.45) is 22.4 Å². The van der Waals surface area contributed by atoms with Gasteiger partial charge >= 0.3 is 0 Å². The quantitative estimate of drug-likeness (QED) is 0.553. The highest BCUT2D eigenvalue weighted by atomic mass is 16.6. The summed E-state index contributed by atoms with van der Waals surface area (Å²) in [6.07, 6.45) is 6.06. The lowest BCUT2D eigenvalue weighted by Crippen LogP contribution is -2.31. The third-order valence-corrected chi connectivity index (χ3v) is 4.36. The van der Waals surface area contributed by atoms with E-state index in [4.69, 9.17) is 15.9 Å². The number of hydrogen-bond acceptors (Lipinski definition) is 5. The fourth-order valence-corrected chi connectivity index (χ4v) is 3.09. The molecular formula is C13H20N2O3. The number of ketones is 1. The van der Waals surface area contributed by atoms with Gasteiger partial charge in [0.25, 0.3) is 0 Å². The molecular weight excluding hydrogens is 232 g/mol. The molecule has 0 aromatic heterocycles. The molecule has 5 nitrogen and oxygen atoms in total. The summed E-state index contributed by atoms with van der Waals surface area (Å²) >= 11 is 0. The minimum Gasteiger partial charge on any atom is -0.416 e. The lowest BCUT2D eigenvalue weighted by Gasteiger charge is -2.33. The van der Waals surface area contributed by atoms with E-state index in [1.165, 1.54) is 0 Å². The molecule has 0 aliphatic heterocycles. The van der Waals surface area contributed by atoms with Gasteiger partial charge in [0.1, 0.15) is 11.5 Å². The summed E-state index contributed by atoms with van der Waals surface area (Å²) in [5.74, 6) is 6.16. The maximum Gasteiger partial charge on any atom is 0.142 e. The average Bonchev–Trinajstić information content (AvgIpc) is 2.60. The Morgan fingerprint density at radius 3 is 3.00 bits per heavy atom. The van der Waals surface area contributed by atoms with Crippen LogP contribution in [0.2, 0.25) is 0 Å². The fourth-order valence-electron chi connectivity index (χ4n) is 3.09. The molecule has 0 amide bonds. The molecule has 0 bridgehead atoms. The van der Waals surface area contributed by atoms with Gasteiger partial charge in [0.2, 0.25) is 0 Å². The Morgan fingerprint density at radius 2 is 2.33 bits per heavy atom. The Hall–Kier alpha value is -1.36. The highest BCUT2D eigenvalue weighted by molar-refractivity contribution is 6.03. The molecule has 0 aromatic carbocycles. The molecule has 2 rings (SSSR count). The molecule has 0 spiro atoms.